The predicted octanol–water partition coefficient (Wildman–Crippen LogP) is 4.37. The van der Waals surface area contributed by atoms with Gasteiger partial charge in [-0.1, -0.05) is 61.0 Å². The molecular formula is C18H21BrN2O2S. The summed E-state index contributed by atoms with van der Waals surface area (Å²) in [5, 5.41) is 3.88. The molecule has 0 unspecified atom stereocenters. The Balaban J connectivity index is 2.27. The highest BCUT2D eigenvalue weighted by Gasteiger charge is 2.20. The van der Waals surface area contributed by atoms with Crippen LogP contribution in [0.15, 0.2) is 56.9 Å². The predicted molar refractivity (Wildman–Crippen MR) is 102 cm³/mol. The molecule has 2 aromatic rings. The molecule has 4 nitrogen and oxygen atoms in total. The first kappa shape index (κ1) is 18.7. The van der Waals surface area contributed by atoms with Gasteiger partial charge in [-0.05, 0) is 47.2 Å². The summed E-state index contributed by atoms with van der Waals surface area (Å²) < 4.78 is 26.0. The third-order valence-corrected chi connectivity index (χ3v) is 5.44. The lowest BCUT2D eigenvalue weighted by atomic mass is 9.87. The highest BCUT2D eigenvalue weighted by molar-refractivity contribution is 9.10. The van der Waals surface area contributed by atoms with Crippen LogP contribution in [-0.2, 0) is 15.4 Å². The van der Waals surface area contributed by atoms with Gasteiger partial charge in [0.2, 0.25) is 0 Å². The Hall–Kier alpha value is -1.66. The molecule has 1 N–H and O–H groups in total. The van der Waals surface area contributed by atoms with E-state index in [0.717, 1.165) is 15.6 Å². The second-order valence-corrected chi connectivity index (χ2v) is 9.18. The summed E-state index contributed by atoms with van der Waals surface area (Å²) in [4.78, 5) is 2.54. The minimum Gasteiger partial charge on any atom is -0.200 e. The summed E-state index contributed by atoms with van der Waals surface area (Å²) in [5.41, 5.74) is 2.32. The molecule has 0 atom stereocenters. The Morgan fingerprint density at radius 2 is 1.83 bits per heavy atom. The van der Waals surface area contributed by atoms with Gasteiger partial charge in [0.1, 0.15) is 0 Å². The number of halogens is 1. The van der Waals surface area contributed by atoms with Crippen molar-refractivity contribution < 1.29 is 8.42 Å². The molecule has 128 valence electrons. The second kappa shape index (κ2) is 7.07. The number of sulfonamides is 1. The van der Waals surface area contributed by atoms with Gasteiger partial charge in [0.05, 0.1) is 11.1 Å². The molecule has 0 amide bonds. The topological polar surface area (TPSA) is 58.5 Å². The molecule has 0 bridgehead atoms. The van der Waals surface area contributed by atoms with Crippen molar-refractivity contribution in [3.8, 4) is 0 Å². The number of rotatable bonds is 4. The second-order valence-electron chi connectivity index (χ2n) is 6.64. The van der Waals surface area contributed by atoms with Crippen LogP contribution in [-0.4, -0.2) is 14.6 Å². The van der Waals surface area contributed by atoms with Crippen molar-refractivity contribution in [1.29, 1.82) is 0 Å². The van der Waals surface area contributed by atoms with E-state index in [1.165, 1.54) is 6.21 Å². The van der Waals surface area contributed by atoms with Crippen molar-refractivity contribution in [3.05, 3.63) is 63.6 Å². The van der Waals surface area contributed by atoms with Gasteiger partial charge in [-0.15, -0.1) is 0 Å². The summed E-state index contributed by atoms with van der Waals surface area (Å²) >= 11 is 3.37. The Labute approximate surface area is 152 Å². The lowest BCUT2D eigenvalue weighted by molar-refractivity contribution is 0.577. The Morgan fingerprint density at radius 3 is 2.46 bits per heavy atom. The molecule has 0 saturated carbocycles. The maximum Gasteiger partial charge on any atom is 0.276 e. The Bertz CT molecular complexity index is 869. The van der Waals surface area contributed by atoms with E-state index >= 15 is 0 Å². The summed E-state index contributed by atoms with van der Waals surface area (Å²) in [6.45, 7) is 7.92. The molecule has 0 aromatic heterocycles. The lowest BCUT2D eigenvalue weighted by Gasteiger charge is -2.20. The molecule has 6 heteroatoms. The van der Waals surface area contributed by atoms with E-state index in [2.05, 4.69) is 25.9 Å². The summed E-state index contributed by atoms with van der Waals surface area (Å²) in [7, 11) is -3.71. The van der Waals surface area contributed by atoms with E-state index < -0.39 is 10.0 Å². The fourth-order valence-electron chi connectivity index (χ4n) is 2.16. The van der Waals surface area contributed by atoms with E-state index in [0.29, 0.717) is 5.56 Å². The van der Waals surface area contributed by atoms with Crippen LogP contribution in [0.3, 0.4) is 0 Å². The average molecular weight is 409 g/mol. The molecule has 0 fully saturated rings. The van der Waals surface area contributed by atoms with Crippen LogP contribution in [0.2, 0.25) is 0 Å². The number of nitrogens with zero attached hydrogens (tertiary/aromatic N) is 1. The minimum atomic E-state index is -3.71. The largest absolute Gasteiger partial charge is 0.276 e. The van der Waals surface area contributed by atoms with Gasteiger partial charge in [0, 0.05) is 4.47 Å². The van der Waals surface area contributed by atoms with Crippen molar-refractivity contribution in [1.82, 2.24) is 4.83 Å². The molecule has 0 aliphatic heterocycles. The molecule has 0 aliphatic carbocycles. The first-order chi connectivity index (χ1) is 11.1. The van der Waals surface area contributed by atoms with Gasteiger partial charge >= 0.3 is 0 Å². The zero-order valence-corrected chi connectivity index (χ0v) is 16.6. The highest BCUT2D eigenvalue weighted by Crippen LogP contribution is 2.26. The van der Waals surface area contributed by atoms with Crippen LogP contribution in [0.4, 0.5) is 0 Å². The minimum absolute atomic E-state index is 0.127. The van der Waals surface area contributed by atoms with Gasteiger partial charge in [0.25, 0.3) is 10.0 Å². The quantitative estimate of drug-likeness (QED) is 0.602. The molecule has 0 saturated heterocycles. The molecular weight excluding hydrogens is 388 g/mol. The summed E-state index contributed by atoms with van der Waals surface area (Å²) in [6.07, 6.45) is 1.48. The highest BCUT2D eigenvalue weighted by atomic mass is 79.9. The standard InChI is InChI=1S/C18H21BrN2O2S/c1-13-8-9-15(18(2,3)4)11-17(13)24(22,23)21-20-12-14-6-5-7-16(19)10-14/h5-12,21H,1-4H3/b20-12+. The number of hydrogen-bond donors (Lipinski definition) is 1. The third-order valence-electron chi connectivity index (χ3n) is 3.58. The van der Waals surface area contributed by atoms with Crippen molar-refractivity contribution in [2.45, 2.75) is 38.0 Å². The van der Waals surface area contributed by atoms with Crippen molar-refractivity contribution in [3.63, 3.8) is 0 Å². The fourth-order valence-corrected chi connectivity index (χ4v) is 3.64. The summed E-state index contributed by atoms with van der Waals surface area (Å²) in [5.74, 6) is 0. The van der Waals surface area contributed by atoms with Gasteiger partial charge < -0.3 is 0 Å². The maximum absolute atomic E-state index is 12.6. The van der Waals surface area contributed by atoms with Crippen LogP contribution in [0.5, 0.6) is 0 Å². The van der Waals surface area contributed by atoms with Crippen molar-refractivity contribution in [2.24, 2.45) is 5.10 Å². The SMILES string of the molecule is Cc1ccc(C(C)(C)C)cc1S(=O)(=O)N/N=C/c1cccc(Br)c1. The molecule has 0 aliphatic rings. The van der Waals surface area contributed by atoms with E-state index in [1.54, 1.807) is 13.0 Å². The average Bonchev–Trinajstić information content (AvgIpc) is 2.46. The molecule has 2 rings (SSSR count). The van der Waals surface area contributed by atoms with E-state index in [4.69, 9.17) is 0 Å². The van der Waals surface area contributed by atoms with Crippen LogP contribution in [0, 0.1) is 6.92 Å². The third kappa shape index (κ3) is 4.68. The molecule has 0 spiro atoms. The van der Waals surface area contributed by atoms with Crippen molar-refractivity contribution in [2.75, 3.05) is 0 Å². The first-order valence-electron chi connectivity index (χ1n) is 7.51. The van der Waals surface area contributed by atoms with Crippen LogP contribution < -0.4 is 4.83 Å². The summed E-state index contributed by atoms with van der Waals surface area (Å²) in [6, 6.07) is 12.9. The molecule has 2 aromatic carbocycles. The van der Waals surface area contributed by atoms with E-state index in [1.807, 2.05) is 57.2 Å². The Kier molecular flexibility index (Phi) is 5.50. The zero-order valence-electron chi connectivity index (χ0n) is 14.2. The van der Waals surface area contributed by atoms with Gasteiger partial charge in [-0.3, -0.25) is 0 Å². The lowest BCUT2D eigenvalue weighted by Crippen LogP contribution is -2.21. The van der Waals surface area contributed by atoms with E-state index in [9.17, 15) is 8.42 Å². The molecule has 24 heavy (non-hydrogen) atoms. The zero-order chi connectivity index (χ0) is 18.0. The normalized spacial score (nSPS) is 12.5. The number of hydrazone groups is 1. The monoisotopic (exact) mass is 408 g/mol. The van der Waals surface area contributed by atoms with Crippen LogP contribution in [0.25, 0.3) is 0 Å². The van der Waals surface area contributed by atoms with Crippen LogP contribution in [0.1, 0.15) is 37.5 Å². The smallest absolute Gasteiger partial charge is 0.200 e. The van der Waals surface area contributed by atoms with Crippen LogP contribution >= 0.6 is 15.9 Å². The number of hydrogen-bond acceptors (Lipinski definition) is 3. The molecule has 0 radical (unpaired) electrons. The number of aryl methyl sites for hydroxylation is 1. The van der Waals surface area contributed by atoms with Gasteiger partial charge in [-0.25, -0.2) is 4.83 Å². The fraction of sp³-hybridized carbons (Fsp3) is 0.278. The molecule has 0 heterocycles. The van der Waals surface area contributed by atoms with Gasteiger partial charge in [0.15, 0.2) is 0 Å². The number of benzene rings is 2. The van der Waals surface area contributed by atoms with E-state index in [-0.39, 0.29) is 10.3 Å². The first-order valence-corrected chi connectivity index (χ1v) is 9.79. The van der Waals surface area contributed by atoms with Gasteiger partial charge in [-0.2, -0.15) is 13.5 Å². The number of nitrogens with one attached hydrogen (secondary N) is 1. The van der Waals surface area contributed by atoms with Crippen molar-refractivity contribution >= 4 is 32.2 Å². The maximum atomic E-state index is 12.6. The Morgan fingerprint density at radius 1 is 1.12 bits per heavy atom.